The average Bonchev–Trinajstić information content (AvgIpc) is 3.04. The Morgan fingerprint density at radius 2 is 1.96 bits per heavy atom. The number of para-hydroxylation sites is 2. The van der Waals surface area contributed by atoms with Gasteiger partial charge in [-0.1, -0.05) is 41.9 Å². The van der Waals surface area contributed by atoms with Gasteiger partial charge in [0, 0.05) is 23.7 Å². The molecular weight excluding hydrogens is 350 g/mol. The molecule has 0 aliphatic carbocycles. The van der Waals surface area contributed by atoms with Crippen LogP contribution in [0.1, 0.15) is 17.5 Å². The van der Waals surface area contributed by atoms with Crippen molar-refractivity contribution in [2.75, 3.05) is 20.6 Å². The molecule has 0 aliphatic heterocycles. The lowest BCUT2D eigenvalue weighted by Gasteiger charge is -2.25. The Hall–Kier alpha value is -2.63. The maximum atomic E-state index is 12.2. The lowest BCUT2D eigenvalue weighted by molar-refractivity contribution is -0.116. The molecule has 0 saturated heterocycles. The zero-order valence-electron chi connectivity index (χ0n) is 14.6. The monoisotopic (exact) mass is 369 g/mol. The van der Waals surface area contributed by atoms with Crippen molar-refractivity contribution in [2.24, 2.45) is 0 Å². The van der Waals surface area contributed by atoms with E-state index in [1.807, 2.05) is 67.5 Å². The largest absolute Gasteiger partial charge is 0.437 e. The van der Waals surface area contributed by atoms with Crippen molar-refractivity contribution in [3.8, 4) is 0 Å². The van der Waals surface area contributed by atoms with Gasteiger partial charge in [0.1, 0.15) is 5.52 Å². The molecule has 1 N–H and O–H groups in total. The molecule has 2 aromatic carbocycles. The summed E-state index contributed by atoms with van der Waals surface area (Å²) in [5.74, 6) is 0.183. The van der Waals surface area contributed by atoms with Crippen LogP contribution in [0.15, 0.2) is 59.0 Å². The van der Waals surface area contributed by atoms with Crippen LogP contribution in [0.5, 0.6) is 0 Å². The van der Waals surface area contributed by atoms with Crippen molar-refractivity contribution in [3.05, 3.63) is 71.1 Å². The second kappa shape index (κ2) is 8.17. The normalized spacial score (nSPS) is 12.8. The summed E-state index contributed by atoms with van der Waals surface area (Å²) in [6.07, 6.45) is 2.99. The van der Waals surface area contributed by atoms with Crippen molar-refractivity contribution in [2.45, 2.75) is 6.04 Å². The Bertz CT molecular complexity index is 900. The van der Waals surface area contributed by atoms with Crippen LogP contribution in [0.3, 0.4) is 0 Å². The average molecular weight is 370 g/mol. The highest BCUT2D eigenvalue weighted by Crippen LogP contribution is 2.25. The van der Waals surface area contributed by atoms with E-state index in [0.717, 1.165) is 11.1 Å². The summed E-state index contributed by atoms with van der Waals surface area (Å²) >= 11 is 6.28. The molecule has 0 bridgehead atoms. The van der Waals surface area contributed by atoms with Crippen LogP contribution in [0, 0.1) is 0 Å². The van der Waals surface area contributed by atoms with Gasteiger partial charge in [-0.3, -0.25) is 4.79 Å². The van der Waals surface area contributed by atoms with Gasteiger partial charge in [0.25, 0.3) is 0 Å². The SMILES string of the molecule is CN(C)C(CNC(=O)/C=C/c1nc2ccccc2o1)c1ccccc1Cl. The highest BCUT2D eigenvalue weighted by Gasteiger charge is 2.17. The topological polar surface area (TPSA) is 58.4 Å². The van der Waals surface area contributed by atoms with Crippen LogP contribution in [0.4, 0.5) is 0 Å². The van der Waals surface area contributed by atoms with E-state index in [0.29, 0.717) is 23.0 Å². The summed E-state index contributed by atoms with van der Waals surface area (Å²) < 4.78 is 5.56. The van der Waals surface area contributed by atoms with Gasteiger partial charge in [-0.25, -0.2) is 4.98 Å². The number of carbonyl (C=O) groups excluding carboxylic acids is 1. The number of amides is 1. The third kappa shape index (κ3) is 4.31. The molecule has 0 saturated carbocycles. The van der Waals surface area contributed by atoms with Crippen LogP contribution in [-0.2, 0) is 4.79 Å². The van der Waals surface area contributed by atoms with E-state index < -0.39 is 0 Å². The fourth-order valence-electron chi connectivity index (χ4n) is 2.68. The minimum Gasteiger partial charge on any atom is -0.437 e. The maximum Gasteiger partial charge on any atom is 0.244 e. The number of benzene rings is 2. The molecule has 1 atom stereocenters. The summed E-state index contributed by atoms with van der Waals surface area (Å²) in [6.45, 7) is 0.438. The van der Waals surface area contributed by atoms with Gasteiger partial charge in [0.2, 0.25) is 11.8 Å². The van der Waals surface area contributed by atoms with Gasteiger partial charge in [-0.05, 0) is 37.9 Å². The number of fused-ring (bicyclic) bond motifs is 1. The number of halogens is 1. The van der Waals surface area contributed by atoms with Crippen molar-refractivity contribution < 1.29 is 9.21 Å². The number of hydrogen-bond acceptors (Lipinski definition) is 4. The van der Waals surface area contributed by atoms with Crippen molar-refractivity contribution in [1.29, 1.82) is 0 Å². The van der Waals surface area contributed by atoms with Crippen LogP contribution in [-0.4, -0.2) is 36.4 Å². The molecule has 26 heavy (non-hydrogen) atoms. The van der Waals surface area contributed by atoms with Gasteiger partial charge in [0.15, 0.2) is 5.58 Å². The number of rotatable bonds is 6. The quantitative estimate of drug-likeness (QED) is 0.669. The Balaban J connectivity index is 1.64. The van der Waals surface area contributed by atoms with Crippen LogP contribution >= 0.6 is 11.6 Å². The molecule has 1 unspecified atom stereocenters. The first-order valence-electron chi connectivity index (χ1n) is 8.27. The highest BCUT2D eigenvalue weighted by molar-refractivity contribution is 6.31. The van der Waals surface area contributed by atoms with Gasteiger partial charge in [-0.15, -0.1) is 0 Å². The van der Waals surface area contributed by atoms with Crippen molar-refractivity contribution in [3.63, 3.8) is 0 Å². The van der Waals surface area contributed by atoms with E-state index in [1.54, 1.807) is 6.08 Å². The number of aromatic nitrogens is 1. The molecule has 1 aromatic heterocycles. The predicted molar refractivity (Wildman–Crippen MR) is 104 cm³/mol. The molecule has 134 valence electrons. The third-order valence-corrected chi connectivity index (χ3v) is 4.39. The lowest BCUT2D eigenvalue weighted by Crippen LogP contribution is -2.33. The number of carbonyl (C=O) groups is 1. The van der Waals surface area contributed by atoms with E-state index in [4.69, 9.17) is 16.0 Å². The second-order valence-corrected chi connectivity index (χ2v) is 6.51. The van der Waals surface area contributed by atoms with Crippen LogP contribution in [0.25, 0.3) is 17.2 Å². The molecule has 0 fully saturated rings. The summed E-state index contributed by atoms with van der Waals surface area (Å²) in [5.41, 5.74) is 2.43. The molecule has 0 aliphatic rings. The molecule has 3 rings (SSSR count). The lowest BCUT2D eigenvalue weighted by atomic mass is 10.1. The van der Waals surface area contributed by atoms with Gasteiger partial charge >= 0.3 is 0 Å². The molecule has 6 heteroatoms. The smallest absolute Gasteiger partial charge is 0.244 e. The minimum absolute atomic E-state index is 0.0228. The predicted octanol–water partition coefficient (Wildman–Crippen LogP) is 3.91. The highest BCUT2D eigenvalue weighted by atomic mass is 35.5. The zero-order chi connectivity index (χ0) is 18.5. The van der Waals surface area contributed by atoms with E-state index >= 15 is 0 Å². The number of nitrogens with one attached hydrogen (secondary N) is 1. The Morgan fingerprint density at radius 3 is 2.69 bits per heavy atom. The molecule has 5 nitrogen and oxygen atoms in total. The fraction of sp³-hybridized carbons (Fsp3) is 0.200. The summed E-state index contributed by atoms with van der Waals surface area (Å²) in [5, 5.41) is 3.58. The van der Waals surface area contributed by atoms with E-state index in [9.17, 15) is 4.79 Å². The summed E-state index contributed by atoms with van der Waals surface area (Å²) in [4.78, 5) is 18.5. The fourth-order valence-corrected chi connectivity index (χ4v) is 2.94. The van der Waals surface area contributed by atoms with Crippen LogP contribution < -0.4 is 5.32 Å². The molecule has 1 heterocycles. The molecule has 0 radical (unpaired) electrons. The Kier molecular flexibility index (Phi) is 5.71. The first-order chi connectivity index (χ1) is 12.5. The van der Waals surface area contributed by atoms with Crippen molar-refractivity contribution >= 4 is 34.7 Å². The number of oxazole rings is 1. The first-order valence-corrected chi connectivity index (χ1v) is 8.65. The number of likely N-dealkylation sites (N-methyl/N-ethyl adjacent to an activating group) is 1. The summed E-state index contributed by atoms with van der Waals surface area (Å²) in [6, 6.07) is 15.1. The molecule has 3 aromatic rings. The van der Waals surface area contributed by atoms with Gasteiger partial charge in [-0.2, -0.15) is 0 Å². The number of hydrogen-bond donors (Lipinski definition) is 1. The molecule has 0 spiro atoms. The van der Waals surface area contributed by atoms with Gasteiger partial charge in [0.05, 0.1) is 6.04 Å². The second-order valence-electron chi connectivity index (χ2n) is 6.10. The Labute approximate surface area is 157 Å². The third-order valence-electron chi connectivity index (χ3n) is 4.04. The number of nitrogens with zero attached hydrogens (tertiary/aromatic N) is 2. The van der Waals surface area contributed by atoms with E-state index in [-0.39, 0.29) is 11.9 Å². The van der Waals surface area contributed by atoms with Gasteiger partial charge < -0.3 is 14.6 Å². The molecule has 1 amide bonds. The van der Waals surface area contributed by atoms with E-state index in [2.05, 4.69) is 10.3 Å². The zero-order valence-corrected chi connectivity index (χ0v) is 15.4. The standard InChI is InChI=1S/C20H20ClN3O2/c1-24(2)17(14-7-3-4-8-15(14)21)13-22-19(25)11-12-20-23-16-9-5-6-10-18(16)26-20/h3-12,17H,13H2,1-2H3,(H,22,25)/b12-11+. The minimum atomic E-state index is -0.217. The van der Waals surface area contributed by atoms with E-state index in [1.165, 1.54) is 6.08 Å². The first kappa shape index (κ1) is 18.2. The van der Waals surface area contributed by atoms with Crippen molar-refractivity contribution in [1.82, 2.24) is 15.2 Å². The summed E-state index contributed by atoms with van der Waals surface area (Å²) in [7, 11) is 3.91. The van der Waals surface area contributed by atoms with Crippen LogP contribution in [0.2, 0.25) is 5.02 Å². The maximum absolute atomic E-state index is 12.2. The molecular formula is C20H20ClN3O2. The Morgan fingerprint density at radius 1 is 1.23 bits per heavy atom.